The number of hydrogen-bond acceptors (Lipinski definition) is 4. The molecule has 4 nitrogen and oxygen atoms in total. The summed E-state index contributed by atoms with van der Waals surface area (Å²) in [5, 5.41) is 0. The average molecular weight is 318 g/mol. The van der Waals surface area contributed by atoms with Crippen LogP contribution in [0.3, 0.4) is 0 Å². The van der Waals surface area contributed by atoms with E-state index in [1.54, 1.807) is 6.92 Å². The maximum absolute atomic E-state index is 12.8. The van der Waals surface area contributed by atoms with E-state index in [1.807, 2.05) is 39.8 Å². The van der Waals surface area contributed by atoms with Crippen LogP contribution in [0, 0.1) is 5.41 Å². The second-order valence-corrected chi connectivity index (χ2v) is 6.26. The van der Waals surface area contributed by atoms with Crippen LogP contribution in [0.5, 0.6) is 0 Å². The summed E-state index contributed by atoms with van der Waals surface area (Å²) in [6.07, 6.45) is 6.69. The van der Waals surface area contributed by atoms with Crippen LogP contribution >= 0.6 is 0 Å². The molecule has 0 aromatic carbocycles. The fourth-order valence-corrected chi connectivity index (χ4v) is 2.81. The highest BCUT2D eigenvalue weighted by molar-refractivity contribution is 6.23. The van der Waals surface area contributed by atoms with Gasteiger partial charge in [0.2, 0.25) is 23.1 Å². The van der Waals surface area contributed by atoms with E-state index >= 15 is 0 Å². The van der Waals surface area contributed by atoms with Gasteiger partial charge in [0.15, 0.2) is 0 Å². The highest BCUT2D eigenvalue weighted by atomic mass is 16.5. The zero-order chi connectivity index (χ0) is 17.8. The first kappa shape index (κ1) is 18.9. The minimum atomic E-state index is -0.483. The maximum atomic E-state index is 12.8. The molecule has 1 rings (SSSR count). The fourth-order valence-electron chi connectivity index (χ4n) is 2.81. The number of rotatable bonds is 6. The van der Waals surface area contributed by atoms with Crippen LogP contribution in [-0.4, -0.2) is 25.8 Å². The summed E-state index contributed by atoms with van der Waals surface area (Å²) in [6, 6.07) is 0. The summed E-state index contributed by atoms with van der Waals surface area (Å²) in [5.74, 6) is -0.597. The standard InChI is InChI=1S/C19H26O4/c1-8-9-12(2)10-11-19(4,5)14-13(3)15(20)17(22-6)18(23-7)16(14)21/h8-10H,11H2,1-7H3/b9-8-,12-10+. The molecule has 0 fully saturated rings. The molecule has 4 heteroatoms. The van der Waals surface area contributed by atoms with Gasteiger partial charge in [-0.3, -0.25) is 9.59 Å². The number of methoxy groups -OCH3 is 2. The van der Waals surface area contributed by atoms with Gasteiger partial charge < -0.3 is 9.47 Å². The summed E-state index contributed by atoms with van der Waals surface area (Å²) in [4.78, 5) is 25.3. The zero-order valence-corrected chi connectivity index (χ0v) is 15.1. The minimum Gasteiger partial charge on any atom is -0.489 e. The van der Waals surface area contributed by atoms with Crippen molar-refractivity contribution < 1.29 is 19.1 Å². The van der Waals surface area contributed by atoms with Crippen molar-refractivity contribution in [2.24, 2.45) is 5.41 Å². The van der Waals surface area contributed by atoms with Gasteiger partial charge >= 0.3 is 0 Å². The molecule has 0 aliphatic heterocycles. The Kier molecular flexibility index (Phi) is 6.13. The predicted octanol–water partition coefficient (Wildman–Crippen LogP) is 3.90. The van der Waals surface area contributed by atoms with Crippen LogP contribution in [-0.2, 0) is 19.1 Å². The molecule has 0 spiro atoms. The number of carbonyl (C=O) groups is 2. The SMILES string of the molecule is C/C=C\C(C)=C\CC(C)(C)C1=C(C)C(=O)C(OC)=C(OC)C1=O. The molecule has 0 bridgehead atoms. The Hall–Kier alpha value is -2.10. The van der Waals surface area contributed by atoms with Crippen molar-refractivity contribution in [3.05, 3.63) is 46.5 Å². The van der Waals surface area contributed by atoms with E-state index in [0.717, 1.165) is 5.57 Å². The highest BCUT2D eigenvalue weighted by Crippen LogP contribution is 2.39. The first-order valence-corrected chi connectivity index (χ1v) is 7.63. The molecular formula is C19H26O4. The molecule has 0 saturated heterocycles. The van der Waals surface area contributed by atoms with E-state index in [4.69, 9.17) is 9.47 Å². The molecular weight excluding hydrogens is 292 g/mol. The summed E-state index contributed by atoms with van der Waals surface area (Å²) in [5.41, 5.74) is 1.55. The predicted molar refractivity (Wildman–Crippen MR) is 90.7 cm³/mol. The van der Waals surface area contributed by atoms with Gasteiger partial charge in [0.05, 0.1) is 14.2 Å². The quantitative estimate of drug-likeness (QED) is 0.550. The lowest BCUT2D eigenvalue weighted by molar-refractivity contribution is -0.121. The number of Topliss-reactive ketones (excluding diaryl/α,β-unsaturated/α-hetero) is 2. The number of carbonyl (C=O) groups excluding carboxylic acids is 2. The number of allylic oxidation sites excluding steroid dienone is 6. The number of ketones is 2. The van der Waals surface area contributed by atoms with Crippen molar-refractivity contribution in [1.82, 2.24) is 0 Å². The van der Waals surface area contributed by atoms with Gasteiger partial charge in [0.25, 0.3) is 0 Å². The largest absolute Gasteiger partial charge is 0.489 e. The molecule has 0 atom stereocenters. The van der Waals surface area contributed by atoms with Crippen LogP contribution < -0.4 is 0 Å². The third-order valence-electron chi connectivity index (χ3n) is 4.01. The second-order valence-electron chi connectivity index (χ2n) is 6.26. The van der Waals surface area contributed by atoms with E-state index in [9.17, 15) is 9.59 Å². The van der Waals surface area contributed by atoms with Gasteiger partial charge in [-0.1, -0.05) is 37.6 Å². The molecule has 0 amide bonds. The van der Waals surface area contributed by atoms with E-state index in [1.165, 1.54) is 14.2 Å². The Morgan fingerprint density at radius 3 is 2.09 bits per heavy atom. The topological polar surface area (TPSA) is 52.6 Å². The molecule has 23 heavy (non-hydrogen) atoms. The van der Waals surface area contributed by atoms with Crippen LogP contribution in [0.2, 0.25) is 0 Å². The Labute approximate surface area is 138 Å². The number of hydrogen-bond donors (Lipinski definition) is 0. The third kappa shape index (κ3) is 3.81. The van der Waals surface area contributed by atoms with Crippen LogP contribution in [0.15, 0.2) is 46.5 Å². The molecule has 0 unspecified atom stereocenters. The van der Waals surface area contributed by atoms with Crippen molar-refractivity contribution in [2.45, 2.75) is 41.0 Å². The van der Waals surface area contributed by atoms with Gasteiger partial charge in [-0.15, -0.1) is 0 Å². The van der Waals surface area contributed by atoms with Crippen molar-refractivity contribution in [3.8, 4) is 0 Å². The summed E-state index contributed by atoms with van der Waals surface area (Å²) in [7, 11) is 2.74. The van der Waals surface area contributed by atoms with E-state index in [-0.39, 0.29) is 23.1 Å². The lowest BCUT2D eigenvalue weighted by Gasteiger charge is -2.31. The van der Waals surface area contributed by atoms with Crippen LogP contribution in [0.1, 0.15) is 41.0 Å². The van der Waals surface area contributed by atoms with Crippen LogP contribution in [0.4, 0.5) is 0 Å². The van der Waals surface area contributed by atoms with Gasteiger partial charge in [-0.2, -0.15) is 0 Å². The monoisotopic (exact) mass is 318 g/mol. The first-order valence-electron chi connectivity index (χ1n) is 7.63. The molecule has 126 valence electrons. The Balaban J connectivity index is 3.30. The molecule has 0 N–H and O–H groups in total. The van der Waals surface area contributed by atoms with Crippen LogP contribution in [0.25, 0.3) is 0 Å². The van der Waals surface area contributed by atoms with Gasteiger partial charge in [-0.25, -0.2) is 0 Å². The van der Waals surface area contributed by atoms with Crippen molar-refractivity contribution in [2.75, 3.05) is 14.2 Å². The minimum absolute atomic E-state index is 0.0136. The summed E-state index contributed by atoms with van der Waals surface area (Å²) < 4.78 is 10.2. The summed E-state index contributed by atoms with van der Waals surface area (Å²) >= 11 is 0. The third-order valence-corrected chi connectivity index (χ3v) is 4.01. The van der Waals surface area contributed by atoms with Gasteiger partial charge in [-0.05, 0) is 32.6 Å². The maximum Gasteiger partial charge on any atom is 0.228 e. The lowest BCUT2D eigenvalue weighted by atomic mass is 9.73. The first-order chi connectivity index (χ1) is 10.7. The van der Waals surface area contributed by atoms with E-state index in [0.29, 0.717) is 17.6 Å². The van der Waals surface area contributed by atoms with Crippen molar-refractivity contribution in [3.63, 3.8) is 0 Å². The Morgan fingerprint density at radius 2 is 1.61 bits per heavy atom. The van der Waals surface area contributed by atoms with Crippen molar-refractivity contribution >= 4 is 11.6 Å². The molecule has 0 aromatic heterocycles. The molecule has 1 aliphatic rings. The Morgan fingerprint density at radius 1 is 1.09 bits per heavy atom. The lowest BCUT2D eigenvalue weighted by Crippen LogP contribution is -2.32. The van der Waals surface area contributed by atoms with Gasteiger partial charge in [0.1, 0.15) is 0 Å². The zero-order valence-electron chi connectivity index (χ0n) is 15.1. The summed E-state index contributed by atoms with van der Waals surface area (Å²) in [6.45, 7) is 9.56. The van der Waals surface area contributed by atoms with E-state index in [2.05, 4.69) is 6.08 Å². The van der Waals surface area contributed by atoms with E-state index < -0.39 is 5.41 Å². The fraction of sp³-hybridized carbons (Fsp3) is 0.474. The number of ether oxygens (including phenoxy) is 2. The molecule has 1 aliphatic carbocycles. The second kappa shape index (κ2) is 7.44. The Bertz CT molecular complexity index is 628. The normalized spacial score (nSPS) is 17.4. The molecule has 0 aromatic rings. The smallest absolute Gasteiger partial charge is 0.228 e. The molecule has 0 heterocycles. The highest BCUT2D eigenvalue weighted by Gasteiger charge is 2.40. The molecule has 0 saturated carbocycles. The molecule has 0 radical (unpaired) electrons. The average Bonchev–Trinajstić information content (AvgIpc) is 2.49. The van der Waals surface area contributed by atoms with Crippen molar-refractivity contribution in [1.29, 1.82) is 0 Å². The van der Waals surface area contributed by atoms with Gasteiger partial charge in [0, 0.05) is 11.1 Å².